The third-order valence-electron chi connectivity index (χ3n) is 3.47. The fourth-order valence-corrected chi connectivity index (χ4v) is 2.62. The normalized spacial score (nSPS) is 27.4. The molecular formula is C12H15N3O. The van der Waals surface area contributed by atoms with Gasteiger partial charge in [0.1, 0.15) is 5.82 Å². The number of carbonyl (C=O) groups excluding carboxylic acids is 1. The van der Waals surface area contributed by atoms with Crippen molar-refractivity contribution in [3.05, 3.63) is 17.8 Å². The van der Waals surface area contributed by atoms with Gasteiger partial charge in [-0.2, -0.15) is 0 Å². The van der Waals surface area contributed by atoms with Crippen LogP contribution < -0.4 is 10.6 Å². The number of anilines is 2. The highest BCUT2D eigenvalue weighted by Gasteiger charge is 2.36. The number of aromatic nitrogens is 1. The number of fused-ring (bicyclic) bond motifs is 2. The number of amides is 1. The maximum absolute atomic E-state index is 12.0. The lowest BCUT2D eigenvalue weighted by Crippen LogP contribution is -2.30. The predicted molar refractivity (Wildman–Crippen MR) is 62.4 cm³/mol. The largest absolute Gasteiger partial charge is 0.365 e. The number of hydrogen-bond acceptors (Lipinski definition) is 3. The minimum atomic E-state index is 0.106. The van der Waals surface area contributed by atoms with Crippen molar-refractivity contribution in [2.45, 2.75) is 32.2 Å². The molecule has 0 aromatic carbocycles. The summed E-state index contributed by atoms with van der Waals surface area (Å²) >= 11 is 0. The highest BCUT2D eigenvalue weighted by Crippen LogP contribution is 2.34. The number of hydrogen-bond donors (Lipinski definition) is 2. The topological polar surface area (TPSA) is 54.0 Å². The van der Waals surface area contributed by atoms with Crippen molar-refractivity contribution in [2.75, 3.05) is 10.6 Å². The van der Waals surface area contributed by atoms with E-state index in [-0.39, 0.29) is 17.9 Å². The van der Waals surface area contributed by atoms with Crippen molar-refractivity contribution in [3.8, 4) is 0 Å². The van der Waals surface area contributed by atoms with E-state index in [0.29, 0.717) is 0 Å². The summed E-state index contributed by atoms with van der Waals surface area (Å²) in [6.07, 6.45) is 3.17. The quantitative estimate of drug-likeness (QED) is 0.698. The zero-order valence-electron chi connectivity index (χ0n) is 9.29. The van der Waals surface area contributed by atoms with Crippen LogP contribution in [0.3, 0.4) is 0 Å². The highest BCUT2D eigenvalue weighted by molar-refractivity contribution is 5.97. The molecule has 1 fully saturated rings. The van der Waals surface area contributed by atoms with Crippen molar-refractivity contribution in [3.63, 3.8) is 0 Å². The molecular weight excluding hydrogens is 202 g/mol. The summed E-state index contributed by atoms with van der Waals surface area (Å²) in [5.41, 5.74) is 1.78. The van der Waals surface area contributed by atoms with Crippen LogP contribution in [-0.2, 0) is 4.79 Å². The number of pyridine rings is 1. The van der Waals surface area contributed by atoms with Gasteiger partial charge < -0.3 is 10.6 Å². The Kier molecular flexibility index (Phi) is 2.09. The molecule has 2 N–H and O–H groups in total. The third-order valence-corrected chi connectivity index (χ3v) is 3.47. The zero-order chi connectivity index (χ0) is 11.1. The minimum Gasteiger partial charge on any atom is -0.365 e. The molecule has 0 saturated heterocycles. The van der Waals surface area contributed by atoms with E-state index in [9.17, 15) is 4.79 Å². The van der Waals surface area contributed by atoms with Crippen LogP contribution in [0.1, 0.15) is 25.0 Å². The van der Waals surface area contributed by atoms with E-state index in [1.165, 1.54) is 0 Å². The first-order valence-corrected chi connectivity index (χ1v) is 5.79. The SMILES string of the molecule is Cc1ccc2c(n1)NC1CCCC1C(=O)N2. The summed E-state index contributed by atoms with van der Waals surface area (Å²) in [7, 11) is 0. The Hall–Kier alpha value is -1.58. The zero-order valence-corrected chi connectivity index (χ0v) is 9.29. The first kappa shape index (κ1) is 9.63. The van der Waals surface area contributed by atoms with Gasteiger partial charge in [0.2, 0.25) is 5.91 Å². The summed E-state index contributed by atoms with van der Waals surface area (Å²) in [6, 6.07) is 4.10. The molecule has 0 bridgehead atoms. The summed E-state index contributed by atoms with van der Waals surface area (Å²) in [6.45, 7) is 1.96. The van der Waals surface area contributed by atoms with Crippen molar-refractivity contribution in [1.29, 1.82) is 0 Å². The maximum atomic E-state index is 12.0. The Balaban J connectivity index is 2.01. The molecule has 1 saturated carbocycles. The molecule has 84 valence electrons. The number of nitrogens with zero attached hydrogens (tertiary/aromatic N) is 1. The Morgan fingerprint density at radius 2 is 2.25 bits per heavy atom. The van der Waals surface area contributed by atoms with Gasteiger partial charge in [0, 0.05) is 11.7 Å². The second-order valence-electron chi connectivity index (χ2n) is 4.63. The van der Waals surface area contributed by atoms with Gasteiger partial charge in [-0.3, -0.25) is 4.79 Å². The first-order chi connectivity index (χ1) is 7.74. The molecule has 1 amide bonds. The van der Waals surface area contributed by atoms with E-state index in [1.54, 1.807) is 0 Å². The second kappa shape index (κ2) is 3.47. The van der Waals surface area contributed by atoms with E-state index in [1.807, 2.05) is 19.1 Å². The number of carbonyl (C=O) groups is 1. The van der Waals surface area contributed by atoms with Crippen LogP contribution in [0, 0.1) is 12.8 Å². The van der Waals surface area contributed by atoms with E-state index in [2.05, 4.69) is 15.6 Å². The Morgan fingerprint density at radius 3 is 3.12 bits per heavy atom. The average Bonchev–Trinajstić information content (AvgIpc) is 2.65. The van der Waals surface area contributed by atoms with E-state index >= 15 is 0 Å². The maximum Gasteiger partial charge on any atom is 0.229 e. The van der Waals surface area contributed by atoms with Crippen molar-refractivity contribution < 1.29 is 4.79 Å². The second-order valence-corrected chi connectivity index (χ2v) is 4.63. The van der Waals surface area contributed by atoms with Gasteiger partial charge >= 0.3 is 0 Å². The summed E-state index contributed by atoms with van der Waals surface area (Å²) in [5.74, 6) is 1.07. The van der Waals surface area contributed by atoms with Gasteiger partial charge in [0.05, 0.1) is 11.6 Å². The first-order valence-electron chi connectivity index (χ1n) is 5.79. The van der Waals surface area contributed by atoms with Crippen LogP contribution in [0.15, 0.2) is 12.1 Å². The van der Waals surface area contributed by atoms with Crippen LogP contribution in [0.4, 0.5) is 11.5 Å². The molecule has 0 spiro atoms. The fourth-order valence-electron chi connectivity index (χ4n) is 2.62. The van der Waals surface area contributed by atoms with Crippen LogP contribution in [0.25, 0.3) is 0 Å². The molecule has 1 aliphatic heterocycles. The highest BCUT2D eigenvalue weighted by atomic mass is 16.2. The molecule has 2 heterocycles. The molecule has 3 rings (SSSR count). The smallest absolute Gasteiger partial charge is 0.229 e. The van der Waals surface area contributed by atoms with Crippen molar-refractivity contribution in [2.24, 2.45) is 5.92 Å². The van der Waals surface area contributed by atoms with Gasteiger partial charge in [-0.25, -0.2) is 4.98 Å². The Labute approximate surface area is 94.5 Å². The fraction of sp³-hybridized carbons (Fsp3) is 0.500. The number of aryl methyl sites for hydroxylation is 1. The van der Waals surface area contributed by atoms with E-state index in [4.69, 9.17) is 0 Å². The lowest BCUT2D eigenvalue weighted by molar-refractivity contribution is -0.119. The summed E-state index contributed by atoms with van der Waals surface area (Å²) < 4.78 is 0. The van der Waals surface area contributed by atoms with Gasteiger partial charge in [0.15, 0.2) is 0 Å². The van der Waals surface area contributed by atoms with Gasteiger partial charge in [-0.1, -0.05) is 6.42 Å². The minimum absolute atomic E-state index is 0.106. The Morgan fingerprint density at radius 1 is 1.38 bits per heavy atom. The lowest BCUT2D eigenvalue weighted by atomic mass is 10.0. The van der Waals surface area contributed by atoms with Gasteiger partial charge in [0.25, 0.3) is 0 Å². The molecule has 1 aromatic heterocycles. The van der Waals surface area contributed by atoms with Gasteiger partial charge in [-0.15, -0.1) is 0 Å². The number of nitrogens with one attached hydrogen (secondary N) is 2. The monoisotopic (exact) mass is 217 g/mol. The third kappa shape index (κ3) is 1.45. The molecule has 2 aliphatic rings. The van der Waals surface area contributed by atoms with Crippen LogP contribution in [0.2, 0.25) is 0 Å². The van der Waals surface area contributed by atoms with Gasteiger partial charge in [-0.05, 0) is 31.9 Å². The van der Waals surface area contributed by atoms with Crippen LogP contribution in [-0.4, -0.2) is 16.9 Å². The molecule has 0 radical (unpaired) electrons. The summed E-state index contributed by atoms with van der Waals surface area (Å²) in [5, 5.41) is 6.36. The Bertz CT molecular complexity index is 444. The molecule has 1 aliphatic carbocycles. The standard InChI is InChI=1S/C12H15N3O/c1-7-5-6-10-11(13-7)14-9-4-2-3-8(9)12(16)15-10/h5-6,8-9H,2-4H2,1H3,(H,13,14)(H,15,16). The molecule has 4 heteroatoms. The predicted octanol–water partition coefficient (Wildman–Crippen LogP) is 1.92. The van der Waals surface area contributed by atoms with Crippen molar-refractivity contribution in [1.82, 2.24) is 4.98 Å². The van der Waals surface area contributed by atoms with E-state index in [0.717, 1.165) is 36.5 Å². The molecule has 2 atom stereocenters. The average molecular weight is 217 g/mol. The summed E-state index contributed by atoms with van der Waals surface area (Å²) in [4.78, 5) is 16.4. The van der Waals surface area contributed by atoms with Crippen LogP contribution in [0.5, 0.6) is 0 Å². The van der Waals surface area contributed by atoms with Crippen molar-refractivity contribution >= 4 is 17.4 Å². The molecule has 16 heavy (non-hydrogen) atoms. The molecule has 1 aromatic rings. The van der Waals surface area contributed by atoms with Crippen LogP contribution >= 0.6 is 0 Å². The molecule has 4 nitrogen and oxygen atoms in total. The van der Waals surface area contributed by atoms with E-state index < -0.39 is 0 Å². The lowest BCUT2D eigenvalue weighted by Gasteiger charge is -2.15. The number of rotatable bonds is 0. The molecule has 2 unspecified atom stereocenters.